The van der Waals surface area contributed by atoms with Gasteiger partial charge in [0.05, 0.1) is 25.3 Å². The molecular weight excluding hydrogens is 490 g/mol. The van der Waals surface area contributed by atoms with E-state index in [-0.39, 0.29) is 12.5 Å². The number of hydrogen-bond acceptors (Lipinski definition) is 5. The van der Waals surface area contributed by atoms with E-state index in [2.05, 4.69) is 0 Å². The molecule has 0 bridgehead atoms. The van der Waals surface area contributed by atoms with Crippen molar-refractivity contribution < 1.29 is 24.2 Å². The van der Waals surface area contributed by atoms with E-state index in [9.17, 15) is 14.7 Å². The van der Waals surface area contributed by atoms with Crippen molar-refractivity contribution in [2.45, 2.75) is 45.8 Å². The van der Waals surface area contributed by atoms with E-state index < -0.39 is 17.8 Å². The van der Waals surface area contributed by atoms with E-state index in [1.54, 1.807) is 30.3 Å². The Hall–Kier alpha value is -3.35. The highest BCUT2D eigenvalue weighted by Crippen LogP contribution is 2.24. The van der Waals surface area contributed by atoms with E-state index in [1.165, 1.54) is 12.0 Å². The highest BCUT2D eigenvalue weighted by atomic mass is 35.5. The number of esters is 1. The molecule has 3 aromatic carbocycles. The van der Waals surface area contributed by atoms with Crippen molar-refractivity contribution >= 4 is 23.7 Å². The lowest BCUT2D eigenvalue weighted by atomic mass is 9.98. The van der Waals surface area contributed by atoms with Crippen molar-refractivity contribution in [3.8, 4) is 11.1 Å². The minimum atomic E-state index is -0.898. The summed E-state index contributed by atoms with van der Waals surface area (Å²) in [5.41, 5.74) is 4.43. The smallest absolute Gasteiger partial charge is 0.410 e. The van der Waals surface area contributed by atoms with Crippen LogP contribution in [0, 0.1) is 6.92 Å². The molecule has 0 fully saturated rings. The summed E-state index contributed by atoms with van der Waals surface area (Å²) in [4.78, 5) is 26.3. The van der Waals surface area contributed by atoms with Crippen molar-refractivity contribution in [2.75, 3.05) is 20.2 Å². The van der Waals surface area contributed by atoms with Crippen LogP contribution in [-0.4, -0.2) is 47.9 Å². The van der Waals surface area contributed by atoms with Crippen LogP contribution in [0.5, 0.6) is 0 Å². The van der Waals surface area contributed by atoms with Gasteiger partial charge in [-0.3, -0.25) is 0 Å². The lowest BCUT2D eigenvalue weighted by Crippen LogP contribution is -2.40. The van der Waals surface area contributed by atoms with Crippen molar-refractivity contribution in [1.29, 1.82) is 0 Å². The summed E-state index contributed by atoms with van der Waals surface area (Å²) in [7, 11) is 1.37. The van der Waals surface area contributed by atoms with Crippen LogP contribution in [0.15, 0.2) is 66.7 Å². The van der Waals surface area contributed by atoms with Crippen molar-refractivity contribution in [3.63, 3.8) is 0 Å². The van der Waals surface area contributed by atoms with Crippen LogP contribution in [0.4, 0.5) is 4.79 Å². The zero-order valence-electron chi connectivity index (χ0n) is 22.0. The zero-order valence-corrected chi connectivity index (χ0v) is 22.7. The molecule has 6 nitrogen and oxygen atoms in total. The van der Waals surface area contributed by atoms with Crippen LogP contribution in [0.25, 0.3) is 11.1 Å². The quantitative estimate of drug-likeness (QED) is 0.336. The Labute approximate surface area is 223 Å². The summed E-state index contributed by atoms with van der Waals surface area (Å²) in [6.07, 6.45) is -0.793. The number of halogens is 1. The molecule has 0 aliphatic rings. The number of aliphatic hydroxyl groups is 1. The van der Waals surface area contributed by atoms with Gasteiger partial charge in [0.15, 0.2) is 0 Å². The highest BCUT2D eigenvalue weighted by molar-refractivity contribution is 6.30. The van der Waals surface area contributed by atoms with Gasteiger partial charge in [-0.25, -0.2) is 9.59 Å². The molecule has 1 atom stereocenters. The molecule has 37 heavy (non-hydrogen) atoms. The van der Waals surface area contributed by atoms with Crippen molar-refractivity contribution in [1.82, 2.24) is 4.90 Å². The highest BCUT2D eigenvalue weighted by Gasteiger charge is 2.24. The lowest BCUT2D eigenvalue weighted by Gasteiger charge is -2.29. The molecule has 196 valence electrons. The largest absolute Gasteiger partial charge is 0.465 e. The molecule has 0 saturated carbocycles. The molecule has 3 rings (SSSR count). The fraction of sp³-hybridized carbons (Fsp3) is 0.333. The van der Waals surface area contributed by atoms with E-state index in [4.69, 9.17) is 21.1 Å². The van der Waals surface area contributed by atoms with E-state index >= 15 is 0 Å². The summed E-state index contributed by atoms with van der Waals surface area (Å²) in [6.45, 7) is 7.78. The number of hydrogen-bond donors (Lipinski definition) is 1. The number of nitrogens with zero attached hydrogens (tertiary/aromatic N) is 1. The van der Waals surface area contributed by atoms with Gasteiger partial charge in [-0.05, 0) is 80.1 Å². The number of aryl methyl sites for hydroxylation is 1. The van der Waals surface area contributed by atoms with Crippen LogP contribution in [0.2, 0.25) is 5.02 Å². The SMILES string of the molecule is COC(=O)c1ccc(-c2ccc(CCN(C[C@H](O)c3cccc(Cl)c3)C(=O)OC(C)(C)C)cc2)cc1C. The molecule has 1 N–H and O–H groups in total. The van der Waals surface area contributed by atoms with Gasteiger partial charge in [0, 0.05) is 11.6 Å². The van der Waals surface area contributed by atoms with Crippen LogP contribution >= 0.6 is 11.6 Å². The van der Waals surface area contributed by atoms with Gasteiger partial charge in [0.1, 0.15) is 5.60 Å². The third-order valence-corrected chi connectivity index (χ3v) is 6.10. The topological polar surface area (TPSA) is 76.1 Å². The minimum absolute atomic E-state index is 0.0825. The second kappa shape index (κ2) is 12.3. The Balaban J connectivity index is 1.72. The Morgan fingerprint density at radius 2 is 1.68 bits per heavy atom. The number of ether oxygens (including phenoxy) is 2. The fourth-order valence-corrected chi connectivity index (χ4v) is 4.12. The molecule has 7 heteroatoms. The van der Waals surface area contributed by atoms with Gasteiger partial charge in [0.2, 0.25) is 0 Å². The molecule has 0 aliphatic carbocycles. The van der Waals surface area contributed by atoms with Gasteiger partial charge in [0.25, 0.3) is 0 Å². The van der Waals surface area contributed by atoms with E-state index in [0.717, 1.165) is 22.3 Å². The van der Waals surface area contributed by atoms with Gasteiger partial charge in [-0.2, -0.15) is 0 Å². The second-order valence-electron chi connectivity index (χ2n) is 9.97. The van der Waals surface area contributed by atoms with Gasteiger partial charge < -0.3 is 19.5 Å². The summed E-state index contributed by atoms with van der Waals surface area (Å²) >= 11 is 6.07. The molecule has 0 aliphatic heterocycles. The standard InChI is InChI=1S/C30H34ClNO5/c1-20-17-23(13-14-26(20)28(34)36-5)22-11-9-21(10-12-22)15-16-32(29(35)37-30(2,3)4)19-27(33)24-7-6-8-25(31)18-24/h6-14,17-18,27,33H,15-16,19H2,1-5H3/t27-/m0/s1. The van der Waals surface area contributed by atoms with E-state index in [0.29, 0.717) is 29.1 Å². The first-order valence-electron chi connectivity index (χ1n) is 12.2. The molecule has 0 spiro atoms. The maximum Gasteiger partial charge on any atom is 0.410 e. The number of benzene rings is 3. The third kappa shape index (κ3) is 8.07. The average molecular weight is 524 g/mol. The number of carbonyl (C=O) groups is 2. The van der Waals surface area contributed by atoms with Crippen LogP contribution in [0.1, 0.15) is 53.9 Å². The Kier molecular flexibility index (Phi) is 9.35. The molecule has 0 unspecified atom stereocenters. The Morgan fingerprint density at radius 3 is 2.27 bits per heavy atom. The monoisotopic (exact) mass is 523 g/mol. The molecule has 3 aromatic rings. The average Bonchev–Trinajstić information content (AvgIpc) is 2.85. The molecule has 0 heterocycles. The minimum Gasteiger partial charge on any atom is -0.465 e. The first-order valence-corrected chi connectivity index (χ1v) is 12.5. The Morgan fingerprint density at radius 1 is 1.00 bits per heavy atom. The predicted octanol–water partition coefficient (Wildman–Crippen LogP) is 6.62. The second-order valence-corrected chi connectivity index (χ2v) is 10.4. The van der Waals surface area contributed by atoms with Gasteiger partial charge in [-0.15, -0.1) is 0 Å². The Bertz CT molecular complexity index is 1230. The summed E-state index contributed by atoms with van der Waals surface area (Å²) in [5.74, 6) is -0.352. The maximum absolute atomic E-state index is 12.9. The fourth-order valence-electron chi connectivity index (χ4n) is 3.92. The summed E-state index contributed by atoms with van der Waals surface area (Å²) in [5, 5.41) is 11.3. The normalized spacial score (nSPS) is 12.1. The van der Waals surface area contributed by atoms with E-state index in [1.807, 2.05) is 64.1 Å². The number of aliphatic hydroxyl groups excluding tert-OH is 1. The maximum atomic E-state index is 12.9. The molecule has 0 radical (unpaired) electrons. The van der Waals surface area contributed by atoms with Crippen LogP contribution in [-0.2, 0) is 15.9 Å². The molecule has 0 saturated heterocycles. The van der Waals surface area contributed by atoms with Crippen molar-refractivity contribution in [2.24, 2.45) is 0 Å². The first-order chi connectivity index (χ1) is 17.5. The summed E-state index contributed by atoms with van der Waals surface area (Å²) < 4.78 is 10.4. The van der Waals surface area contributed by atoms with Crippen LogP contribution < -0.4 is 0 Å². The number of rotatable bonds is 8. The first kappa shape index (κ1) is 28.2. The molecular formula is C30H34ClNO5. The van der Waals surface area contributed by atoms with Gasteiger partial charge in [-0.1, -0.05) is 60.1 Å². The van der Waals surface area contributed by atoms with Crippen LogP contribution in [0.3, 0.4) is 0 Å². The lowest BCUT2D eigenvalue weighted by molar-refractivity contribution is 0.0147. The number of amides is 1. The summed E-state index contributed by atoms with van der Waals surface area (Å²) in [6, 6.07) is 20.7. The number of carbonyl (C=O) groups excluding carboxylic acids is 2. The van der Waals surface area contributed by atoms with Crippen molar-refractivity contribution in [3.05, 3.63) is 94.0 Å². The predicted molar refractivity (Wildman–Crippen MR) is 146 cm³/mol. The molecule has 0 aromatic heterocycles. The van der Waals surface area contributed by atoms with Gasteiger partial charge >= 0.3 is 12.1 Å². The molecule has 1 amide bonds. The zero-order chi connectivity index (χ0) is 27.2. The third-order valence-electron chi connectivity index (χ3n) is 5.87. The number of methoxy groups -OCH3 is 1.